The van der Waals surface area contributed by atoms with E-state index in [9.17, 15) is 14.0 Å². The van der Waals surface area contributed by atoms with Gasteiger partial charge in [0.1, 0.15) is 18.4 Å². The standard InChI is InChI=1S/C22H33FO6/c1-3-4-7-17(23)18(29-21-8-5-6-11-27-21)10-9-14-15-13-20(24)28-19(15)12-16(14)22(25)26-2/h9-10,14-19,21H,3-8,11-13H2,1-2H3/b10-9+. The summed E-state index contributed by atoms with van der Waals surface area (Å²) in [6, 6.07) is 0. The fourth-order valence-corrected chi connectivity index (χ4v) is 4.67. The number of esters is 2. The van der Waals surface area contributed by atoms with Gasteiger partial charge >= 0.3 is 11.9 Å². The molecule has 2 heterocycles. The van der Waals surface area contributed by atoms with Crippen molar-refractivity contribution in [2.24, 2.45) is 17.8 Å². The molecule has 3 rings (SSSR count). The first-order chi connectivity index (χ1) is 14.0. The molecule has 0 aromatic heterocycles. The molecule has 0 amide bonds. The van der Waals surface area contributed by atoms with E-state index in [2.05, 4.69) is 0 Å². The summed E-state index contributed by atoms with van der Waals surface area (Å²) in [6.07, 6.45) is 6.60. The van der Waals surface area contributed by atoms with Gasteiger partial charge in [0.15, 0.2) is 6.29 Å². The van der Waals surface area contributed by atoms with E-state index in [0.29, 0.717) is 19.4 Å². The molecule has 164 valence electrons. The molecular formula is C22H33FO6. The predicted molar refractivity (Wildman–Crippen MR) is 104 cm³/mol. The quantitative estimate of drug-likeness (QED) is 0.425. The number of fused-ring (bicyclic) bond motifs is 1. The lowest BCUT2D eigenvalue weighted by Gasteiger charge is -2.28. The van der Waals surface area contributed by atoms with E-state index in [1.807, 2.05) is 13.0 Å². The highest BCUT2D eigenvalue weighted by Crippen LogP contribution is 2.46. The van der Waals surface area contributed by atoms with Crippen LogP contribution in [0.4, 0.5) is 4.39 Å². The number of hydrogen-bond acceptors (Lipinski definition) is 6. The maximum atomic E-state index is 14.9. The smallest absolute Gasteiger partial charge is 0.309 e. The zero-order valence-corrected chi connectivity index (χ0v) is 17.4. The molecule has 1 saturated carbocycles. The molecule has 0 spiro atoms. The first kappa shape index (κ1) is 22.2. The van der Waals surface area contributed by atoms with Crippen LogP contribution in [0.5, 0.6) is 0 Å². The summed E-state index contributed by atoms with van der Waals surface area (Å²) in [7, 11) is 1.36. The van der Waals surface area contributed by atoms with E-state index >= 15 is 0 Å². The third-order valence-corrected chi connectivity index (χ3v) is 6.27. The number of unbranched alkanes of at least 4 members (excludes halogenated alkanes) is 1. The number of carbonyl (C=O) groups excluding carboxylic acids is 2. The lowest BCUT2D eigenvalue weighted by atomic mass is 9.86. The molecule has 6 nitrogen and oxygen atoms in total. The molecule has 7 unspecified atom stereocenters. The van der Waals surface area contributed by atoms with Crippen molar-refractivity contribution < 1.29 is 32.9 Å². The van der Waals surface area contributed by atoms with Gasteiger partial charge in [-0.25, -0.2) is 4.39 Å². The van der Waals surface area contributed by atoms with Crippen molar-refractivity contribution in [3.05, 3.63) is 12.2 Å². The Bertz CT molecular complexity index is 588. The Hall–Kier alpha value is -1.47. The van der Waals surface area contributed by atoms with Gasteiger partial charge in [-0.1, -0.05) is 31.9 Å². The normalized spacial score (nSPS) is 34.0. The van der Waals surface area contributed by atoms with E-state index < -0.39 is 18.6 Å². The predicted octanol–water partition coefficient (Wildman–Crippen LogP) is 3.72. The Labute approximate surface area is 172 Å². The molecule has 0 aromatic rings. The summed E-state index contributed by atoms with van der Waals surface area (Å²) in [6.45, 7) is 2.66. The number of methoxy groups -OCH3 is 1. The molecule has 2 aliphatic heterocycles. The number of alkyl halides is 1. The van der Waals surface area contributed by atoms with E-state index in [0.717, 1.165) is 32.1 Å². The first-order valence-corrected chi connectivity index (χ1v) is 10.9. The van der Waals surface area contributed by atoms with Crippen LogP contribution in [0.25, 0.3) is 0 Å². The molecule has 2 saturated heterocycles. The van der Waals surface area contributed by atoms with Gasteiger partial charge in [0.2, 0.25) is 0 Å². The molecule has 0 bridgehead atoms. The second-order valence-electron chi connectivity index (χ2n) is 8.28. The van der Waals surface area contributed by atoms with Crippen LogP contribution in [0, 0.1) is 17.8 Å². The topological polar surface area (TPSA) is 71.1 Å². The third-order valence-electron chi connectivity index (χ3n) is 6.27. The molecular weight excluding hydrogens is 379 g/mol. The van der Waals surface area contributed by atoms with Crippen molar-refractivity contribution in [3.63, 3.8) is 0 Å². The van der Waals surface area contributed by atoms with Crippen LogP contribution in [0.15, 0.2) is 12.2 Å². The molecule has 29 heavy (non-hydrogen) atoms. The lowest BCUT2D eigenvalue weighted by molar-refractivity contribution is -0.189. The van der Waals surface area contributed by atoms with Crippen molar-refractivity contribution >= 4 is 11.9 Å². The summed E-state index contributed by atoms with van der Waals surface area (Å²) in [5, 5.41) is 0. The summed E-state index contributed by atoms with van der Waals surface area (Å²) >= 11 is 0. The highest BCUT2D eigenvalue weighted by Gasteiger charge is 2.51. The maximum absolute atomic E-state index is 14.9. The Morgan fingerprint density at radius 1 is 1.38 bits per heavy atom. The molecule has 3 fully saturated rings. The number of rotatable bonds is 9. The Kier molecular flexibility index (Phi) is 8.07. The summed E-state index contributed by atoms with van der Waals surface area (Å²) in [5.41, 5.74) is 0. The van der Waals surface area contributed by atoms with Crippen molar-refractivity contribution in [1.29, 1.82) is 0 Å². The molecule has 0 N–H and O–H groups in total. The van der Waals surface area contributed by atoms with Crippen LogP contribution in [-0.4, -0.2) is 50.3 Å². The summed E-state index contributed by atoms with van der Waals surface area (Å²) in [4.78, 5) is 24.0. The average molecular weight is 412 g/mol. The second-order valence-corrected chi connectivity index (χ2v) is 8.28. The van der Waals surface area contributed by atoms with Gasteiger partial charge in [-0.05, 0) is 38.0 Å². The largest absolute Gasteiger partial charge is 0.469 e. The summed E-state index contributed by atoms with van der Waals surface area (Å²) < 4.78 is 36.8. The summed E-state index contributed by atoms with van der Waals surface area (Å²) in [5.74, 6) is -1.25. The second kappa shape index (κ2) is 10.5. The zero-order valence-electron chi connectivity index (χ0n) is 17.4. The van der Waals surface area contributed by atoms with Crippen LogP contribution in [0.2, 0.25) is 0 Å². The number of allylic oxidation sites excluding steroid dienone is 1. The van der Waals surface area contributed by atoms with Crippen LogP contribution >= 0.6 is 0 Å². The molecule has 7 atom stereocenters. The highest BCUT2D eigenvalue weighted by atomic mass is 19.1. The van der Waals surface area contributed by atoms with Crippen LogP contribution in [0.1, 0.15) is 58.3 Å². The number of ether oxygens (including phenoxy) is 4. The minimum absolute atomic E-state index is 0.0804. The zero-order chi connectivity index (χ0) is 20.8. The fourth-order valence-electron chi connectivity index (χ4n) is 4.67. The minimum atomic E-state index is -1.15. The van der Waals surface area contributed by atoms with E-state index in [1.54, 1.807) is 6.08 Å². The lowest BCUT2D eigenvalue weighted by Crippen LogP contribution is -2.33. The van der Waals surface area contributed by atoms with Gasteiger partial charge in [0.25, 0.3) is 0 Å². The number of carbonyl (C=O) groups is 2. The third kappa shape index (κ3) is 5.57. The Balaban J connectivity index is 1.73. The maximum Gasteiger partial charge on any atom is 0.309 e. The molecule has 0 aromatic carbocycles. The van der Waals surface area contributed by atoms with Gasteiger partial charge in [-0.2, -0.15) is 0 Å². The van der Waals surface area contributed by atoms with Crippen molar-refractivity contribution in [2.75, 3.05) is 13.7 Å². The van der Waals surface area contributed by atoms with Crippen LogP contribution < -0.4 is 0 Å². The van der Waals surface area contributed by atoms with Gasteiger partial charge in [-0.15, -0.1) is 0 Å². The molecule has 0 radical (unpaired) electrons. The van der Waals surface area contributed by atoms with Gasteiger partial charge in [0.05, 0.1) is 19.4 Å². The Morgan fingerprint density at radius 2 is 2.21 bits per heavy atom. The monoisotopic (exact) mass is 412 g/mol. The molecule has 7 heteroatoms. The van der Waals surface area contributed by atoms with Crippen LogP contribution in [-0.2, 0) is 28.5 Å². The molecule has 3 aliphatic rings. The van der Waals surface area contributed by atoms with Gasteiger partial charge in [-0.3, -0.25) is 9.59 Å². The minimum Gasteiger partial charge on any atom is -0.469 e. The van der Waals surface area contributed by atoms with E-state index in [4.69, 9.17) is 18.9 Å². The van der Waals surface area contributed by atoms with Crippen molar-refractivity contribution in [2.45, 2.75) is 83.0 Å². The fraction of sp³-hybridized carbons (Fsp3) is 0.818. The van der Waals surface area contributed by atoms with Crippen molar-refractivity contribution in [3.8, 4) is 0 Å². The molecule has 1 aliphatic carbocycles. The van der Waals surface area contributed by atoms with Gasteiger partial charge < -0.3 is 18.9 Å². The SMILES string of the molecule is CCCCC(F)C(/C=C/C1C(C(=O)OC)CC2OC(=O)CC21)OC1CCCCO1. The van der Waals surface area contributed by atoms with E-state index in [-0.39, 0.29) is 42.2 Å². The van der Waals surface area contributed by atoms with E-state index in [1.165, 1.54) is 7.11 Å². The van der Waals surface area contributed by atoms with Crippen molar-refractivity contribution in [1.82, 2.24) is 0 Å². The number of hydrogen-bond donors (Lipinski definition) is 0. The highest BCUT2D eigenvalue weighted by molar-refractivity contribution is 5.76. The van der Waals surface area contributed by atoms with Gasteiger partial charge in [0, 0.05) is 12.5 Å². The first-order valence-electron chi connectivity index (χ1n) is 10.9. The Morgan fingerprint density at radius 3 is 2.90 bits per heavy atom. The number of halogens is 1. The average Bonchev–Trinajstić information content (AvgIpc) is 3.25. The van der Waals surface area contributed by atoms with Crippen LogP contribution in [0.3, 0.4) is 0 Å².